The van der Waals surface area contributed by atoms with Crippen LogP contribution in [0.15, 0.2) is 23.7 Å². The number of nitrogens with zero attached hydrogens (tertiary/aromatic N) is 2. The Morgan fingerprint density at radius 2 is 2.33 bits per heavy atom. The maximum absolute atomic E-state index is 10.8. The third-order valence-corrected chi connectivity index (χ3v) is 3.40. The molecule has 0 saturated heterocycles. The second-order valence-corrected chi connectivity index (χ2v) is 4.61. The van der Waals surface area contributed by atoms with Crippen LogP contribution in [0.25, 0.3) is 0 Å². The van der Waals surface area contributed by atoms with Crippen molar-refractivity contribution in [1.29, 1.82) is 0 Å². The van der Waals surface area contributed by atoms with Gasteiger partial charge in [-0.15, -0.1) is 11.3 Å². The number of aryl methyl sites for hydroxylation is 1. The van der Waals surface area contributed by atoms with Crippen molar-refractivity contribution in [1.82, 2.24) is 4.98 Å². The van der Waals surface area contributed by atoms with Crippen LogP contribution in [0.4, 0.5) is 11.4 Å². The molecular formula is C11H11N3O3S. The molecule has 0 saturated carbocycles. The minimum atomic E-state index is -0.526. The Balaban J connectivity index is 2.19. The summed E-state index contributed by atoms with van der Waals surface area (Å²) in [5.74, 6) is -0.124. The van der Waals surface area contributed by atoms with Gasteiger partial charge in [-0.2, -0.15) is 0 Å². The molecule has 0 amide bonds. The average molecular weight is 265 g/mol. The molecule has 0 aliphatic heterocycles. The van der Waals surface area contributed by atoms with Crippen molar-refractivity contribution < 1.29 is 10.0 Å². The first kappa shape index (κ1) is 12.3. The first-order valence-corrected chi connectivity index (χ1v) is 6.06. The van der Waals surface area contributed by atoms with E-state index < -0.39 is 4.92 Å². The number of phenolic OH excluding ortho intramolecular Hbond substituents is 1. The van der Waals surface area contributed by atoms with E-state index in [1.165, 1.54) is 23.5 Å². The number of nitro benzene ring substituents is 1. The van der Waals surface area contributed by atoms with Crippen molar-refractivity contribution in [3.63, 3.8) is 0 Å². The summed E-state index contributed by atoms with van der Waals surface area (Å²) in [6.07, 6.45) is 0. The summed E-state index contributed by atoms with van der Waals surface area (Å²) in [5.41, 5.74) is 2.88. The molecule has 1 aromatic heterocycles. The summed E-state index contributed by atoms with van der Waals surface area (Å²) in [7, 11) is 0. The van der Waals surface area contributed by atoms with Gasteiger partial charge in [0.1, 0.15) is 11.4 Å². The molecule has 0 radical (unpaired) electrons. The number of nitro groups is 1. The Hall–Kier alpha value is -2.15. The summed E-state index contributed by atoms with van der Waals surface area (Å²) in [6, 6.07) is 4.03. The van der Waals surface area contributed by atoms with Gasteiger partial charge in [-0.1, -0.05) is 0 Å². The molecule has 0 atom stereocenters. The molecule has 0 bridgehead atoms. The number of aromatic nitrogens is 1. The lowest BCUT2D eigenvalue weighted by molar-refractivity contribution is -0.384. The van der Waals surface area contributed by atoms with E-state index in [0.717, 1.165) is 16.6 Å². The SMILES string of the molecule is Cc1ncsc1CNc1ccc(O)cc1[N+](=O)[O-]. The maximum atomic E-state index is 10.8. The molecule has 94 valence electrons. The van der Waals surface area contributed by atoms with E-state index >= 15 is 0 Å². The van der Waals surface area contributed by atoms with Crippen molar-refractivity contribution in [2.45, 2.75) is 13.5 Å². The van der Waals surface area contributed by atoms with Gasteiger partial charge in [-0.25, -0.2) is 4.98 Å². The van der Waals surface area contributed by atoms with Crippen LogP contribution < -0.4 is 5.32 Å². The molecule has 2 aromatic rings. The highest BCUT2D eigenvalue weighted by Gasteiger charge is 2.14. The summed E-state index contributed by atoms with van der Waals surface area (Å²) in [6.45, 7) is 2.36. The lowest BCUT2D eigenvalue weighted by atomic mass is 10.2. The number of nitrogens with one attached hydrogen (secondary N) is 1. The number of anilines is 1. The molecule has 0 spiro atoms. The predicted octanol–water partition coefficient (Wildman–Crippen LogP) is 2.68. The van der Waals surface area contributed by atoms with Crippen LogP contribution in [0.1, 0.15) is 10.6 Å². The van der Waals surface area contributed by atoms with Crippen LogP contribution in [0.3, 0.4) is 0 Å². The maximum Gasteiger partial charge on any atom is 0.296 e. The molecule has 7 heteroatoms. The lowest BCUT2D eigenvalue weighted by Crippen LogP contribution is -2.02. The number of benzene rings is 1. The quantitative estimate of drug-likeness (QED) is 0.504. The van der Waals surface area contributed by atoms with Crippen LogP contribution >= 0.6 is 11.3 Å². The van der Waals surface area contributed by atoms with Crippen molar-refractivity contribution in [3.05, 3.63) is 44.4 Å². The summed E-state index contributed by atoms with van der Waals surface area (Å²) >= 11 is 1.49. The summed E-state index contributed by atoms with van der Waals surface area (Å²) < 4.78 is 0. The molecule has 1 heterocycles. The topological polar surface area (TPSA) is 88.3 Å². The van der Waals surface area contributed by atoms with E-state index in [1.54, 1.807) is 5.51 Å². The third kappa shape index (κ3) is 2.57. The Morgan fingerprint density at radius 1 is 1.56 bits per heavy atom. The standard InChI is InChI=1S/C11H11N3O3S/c1-7-11(18-6-13-7)5-12-9-3-2-8(15)4-10(9)14(16)17/h2-4,6,12,15H,5H2,1H3. The third-order valence-electron chi connectivity index (χ3n) is 2.46. The molecule has 2 rings (SSSR count). The largest absolute Gasteiger partial charge is 0.508 e. The van der Waals surface area contributed by atoms with Crippen molar-refractivity contribution >= 4 is 22.7 Å². The minimum absolute atomic E-state index is 0.124. The molecular weight excluding hydrogens is 254 g/mol. The first-order chi connectivity index (χ1) is 8.58. The highest BCUT2D eigenvalue weighted by Crippen LogP contribution is 2.29. The lowest BCUT2D eigenvalue weighted by Gasteiger charge is -2.06. The number of thiazole rings is 1. The van der Waals surface area contributed by atoms with Gasteiger partial charge in [0.25, 0.3) is 5.69 Å². The van der Waals surface area contributed by atoms with E-state index in [-0.39, 0.29) is 11.4 Å². The van der Waals surface area contributed by atoms with Crippen LogP contribution in [0.5, 0.6) is 5.75 Å². The zero-order valence-electron chi connectivity index (χ0n) is 9.58. The molecule has 6 nitrogen and oxygen atoms in total. The fourth-order valence-electron chi connectivity index (χ4n) is 1.49. The van der Waals surface area contributed by atoms with Gasteiger partial charge in [0.05, 0.1) is 28.7 Å². The highest BCUT2D eigenvalue weighted by molar-refractivity contribution is 7.09. The van der Waals surface area contributed by atoms with Crippen molar-refractivity contribution in [3.8, 4) is 5.75 Å². The predicted molar refractivity (Wildman–Crippen MR) is 68.9 cm³/mol. The Kier molecular flexibility index (Phi) is 3.42. The molecule has 0 aliphatic carbocycles. The van der Waals surface area contributed by atoms with Crippen molar-refractivity contribution in [2.75, 3.05) is 5.32 Å². The Bertz CT molecular complexity index is 583. The van der Waals surface area contributed by atoms with Gasteiger partial charge in [-0.05, 0) is 19.1 Å². The van der Waals surface area contributed by atoms with Crippen LogP contribution in [-0.4, -0.2) is 15.0 Å². The molecule has 0 aliphatic rings. The zero-order chi connectivity index (χ0) is 13.1. The van der Waals surface area contributed by atoms with Crippen LogP contribution in [-0.2, 0) is 6.54 Å². The monoisotopic (exact) mass is 265 g/mol. The number of phenols is 1. The van der Waals surface area contributed by atoms with Gasteiger partial charge >= 0.3 is 0 Å². The second-order valence-electron chi connectivity index (χ2n) is 3.67. The van der Waals surface area contributed by atoms with Gasteiger partial charge in [-0.3, -0.25) is 10.1 Å². The van der Waals surface area contributed by atoms with E-state index in [0.29, 0.717) is 12.2 Å². The first-order valence-electron chi connectivity index (χ1n) is 5.18. The van der Waals surface area contributed by atoms with Crippen LogP contribution in [0, 0.1) is 17.0 Å². The average Bonchev–Trinajstić information content (AvgIpc) is 2.73. The van der Waals surface area contributed by atoms with E-state index in [9.17, 15) is 15.2 Å². The van der Waals surface area contributed by atoms with Crippen molar-refractivity contribution in [2.24, 2.45) is 0 Å². The fourth-order valence-corrected chi connectivity index (χ4v) is 2.21. The molecule has 2 N–H and O–H groups in total. The number of hydrogen-bond donors (Lipinski definition) is 2. The van der Waals surface area contributed by atoms with Gasteiger partial charge in [0.15, 0.2) is 0 Å². The minimum Gasteiger partial charge on any atom is -0.508 e. The fraction of sp³-hybridized carbons (Fsp3) is 0.182. The zero-order valence-corrected chi connectivity index (χ0v) is 10.4. The molecule has 18 heavy (non-hydrogen) atoms. The van der Waals surface area contributed by atoms with Gasteiger partial charge < -0.3 is 10.4 Å². The van der Waals surface area contributed by atoms with Crippen LogP contribution in [0.2, 0.25) is 0 Å². The smallest absolute Gasteiger partial charge is 0.296 e. The second kappa shape index (κ2) is 5.01. The molecule has 0 unspecified atom stereocenters. The summed E-state index contributed by atoms with van der Waals surface area (Å²) in [5, 5.41) is 23.1. The number of hydrogen-bond acceptors (Lipinski definition) is 6. The summed E-state index contributed by atoms with van der Waals surface area (Å²) in [4.78, 5) is 15.5. The van der Waals surface area contributed by atoms with Gasteiger partial charge in [0, 0.05) is 4.88 Å². The molecule has 0 fully saturated rings. The van der Waals surface area contributed by atoms with E-state index in [1.807, 2.05) is 6.92 Å². The number of aromatic hydroxyl groups is 1. The highest BCUT2D eigenvalue weighted by atomic mass is 32.1. The Morgan fingerprint density at radius 3 is 2.94 bits per heavy atom. The van der Waals surface area contributed by atoms with E-state index in [2.05, 4.69) is 10.3 Å². The normalized spacial score (nSPS) is 10.3. The van der Waals surface area contributed by atoms with E-state index in [4.69, 9.17) is 0 Å². The molecule has 1 aromatic carbocycles. The van der Waals surface area contributed by atoms with Gasteiger partial charge in [0.2, 0.25) is 0 Å². The Labute approximate surface area is 107 Å². The number of rotatable bonds is 4.